The summed E-state index contributed by atoms with van der Waals surface area (Å²) in [6.45, 7) is 5.89. The van der Waals surface area contributed by atoms with E-state index in [1.165, 1.54) is 0 Å². The topological polar surface area (TPSA) is 55.9 Å². The van der Waals surface area contributed by atoms with E-state index in [1.807, 2.05) is 19.9 Å². The predicted octanol–water partition coefficient (Wildman–Crippen LogP) is 1.63. The summed E-state index contributed by atoms with van der Waals surface area (Å²) in [5.41, 5.74) is -1.64. The molecule has 2 aliphatic heterocycles. The number of esters is 1. The fourth-order valence-electron chi connectivity index (χ4n) is 4.67. The molecule has 4 heteroatoms. The minimum atomic E-state index is -0.801. The molecule has 0 amide bonds. The average molecular weight is 262 g/mol. The third-order valence-corrected chi connectivity index (χ3v) is 6.00. The molecule has 2 heterocycles. The Balaban J connectivity index is 1.86. The Morgan fingerprint density at radius 2 is 2.05 bits per heavy atom. The van der Waals surface area contributed by atoms with Crippen molar-refractivity contribution in [3.05, 3.63) is 12.2 Å². The van der Waals surface area contributed by atoms with Gasteiger partial charge in [-0.3, -0.25) is 9.59 Å². The van der Waals surface area contributed by atoms with Gasteiger partial charge in [0, 0.05) is 11.3 Å². The third-order valence-electron chi connectivity index (χ3n) is 6.00. The molecule has 0 aromatic rings. The van der Waals surface area contributed by atoms with Gasteiger partial charge < -0.3 is 9.47 Å². The lowest BCUT2D eigenvalue weighted by atomic mass is 9.55. The summed E-state index contributed by atoms with van der Waals surface area (Å²) in [5.74, 6) is -0.0465. The number of hydrogen-bond acceptors (Lipinski definition) is 4. The van der Waals surface area contributed by atoms with E-state index < -0.39 is 11.2 Å². The largest absolute Gasteiger partial charge is 0.459 e. The lowest BCUT2D eigenvalue weighted by Crippen LogP contribution is -2.58. The van der Waals surface area contributed by atoms with Crippen molar-refractivity contribution in [3.63, 3.8) is 0 Å². The van der Waals surface area contributed by atoms with Crippen LogP contribution < -0.4 is 0 Å². The molecule has 6 atom stereocenters. The summed E-state index contributed by atoms with van der Waals surface area (Å²) >= 11 is 0. The molecule has 0 bridgehead atoms. The fourth-order valence-corrected chi connectivity index (χ4v) is 4.67. The van der Waals surface area contributed by atoms with Gasteiger partial charge in [0.15, 0.2) is 17.0 Å². The average Bonchev–Trinajstić information content (AvgIpc) is 2.92. The summed E-state index contributed by atoms with van der Waals surface area (Å²) in [4.78, 5) is 24.0. The van der Waals surface area contributed by atoms with Gasteiger partial charge >= 0.3 is 5.97 Å². The minimum Gasteiger partial charge on any atom is -0.459 e. The number of fused-ring (bicyclic) bond motifs is 1. The highest BCUT2D eigenvalue weighted by atomic mass is 16.7. The van der Waals surface area contributed by atoms with Crippen molar-refractivity contribution in [2.45, 2.75) is 50.9 Å². The van der Waals surface area contributed by atoms with Crippen LogP contribution in [0, 0.1) is 17.3 Å². The summed E-state index contributed by atoms with van der Waals surface area (Å²) in [6, 6.07) is 0. The number of rotatable bonds is 0. The third kappa shape index (κ3) is 1.00. The first kappa shape index (κ1) is 11.6. The van der Waals surface area contributed by atoms with E-state index in [-0.39, 0.29) is 35.1 Å². The van der Waals surface area contributed by atoms with Gasteiger partial charge in [-0.05, 0) is 25.8 Å². The maximum absolute atomic E-state index is 12.1. The van der Waals surface area contributed by atoms with E-state index in [0.29, 0.717) is 0 Å². The first-order valence-corrected chi connectivity index (χ1v) is 7.00. The monoisotopic (exact) mass is 262 g/mol. The van der Waals surface area contributed by atoms with Gasteiger partial charge in [-0.25, -0.2) is 0 Å². The molecule has 2 aliphatic carbocycles. The van der Waals surface area contributed by atoms with Crippen molar-refractivity contribution < 1.29 is 19.1 Å². The van der Waals surface area contributed by atoms with Crippen LogP contribution in [0.3, 0.4) is 0 Å². The number of carbonyl (C=O) groups is 2. The summed E-state index contributed by atoms with van der Waals surface area (Å²) in [6.07, 6.45) is 5.23. The maximum Gasteiger partial charge on any atom is 0.309 e. The molecule has 102 valence electrons. The fraction of sp³-hybridized carbons (Fsp3) is 0.733. The smallest absolute Gasteiger partial charge is 0.309 e. The molecular weight excluding hydrogens is 244 g/mol. The highest BCUT2D eigenvalue weighted by Gasteiger charge is 2.85. The molecule has 0 aromatic carbocycles. The summed E-state index contributed by atoms with van der Waals surface area (Å²) in [7, 11) is 0. The molecule has 4 nitrogen and oxygen atoms in total. The van der Waals surface area contributed by atoms with Crippen molar-refractivity contribution in [3.8, 4) is 0 Å². The molecule has 2 saturated heterocycles. The second-order valence-corrected chi connectivity index (χ2v) is 6.83. The molecule has 1 spiro atoms. The lowest BCUT2D eigenvalue weighted by Gasteiger charge is -2.46. The van der Waals surface area contributed by atoms with Crippen LogP contribution in [0.1, 0.15) is 33.6 Å². The Morgan fingerprint density at radius 3 is 2.79 bits per heavy atom. The van der Waals surface area contributed by atoms with E-state index in [2.05, 4.69) is 6.92 Å². The SMILES string of the molecule is C[C@H]1C(=O)O[C@@H]2[C@@H]1CC[C@]1(C)C=CC(=O)[C@@]3(C)O[C@@]213. The molecule has 0 N–H and O–H groups in total. The first-order chi connectivity index (χ1) is 8.86. The molecule has 0 aromatic heterocycles. The van der Waals surface area contributed by atoms with Gasteiger partial charge in [-0.15, -0.1) is 0 Å². The highest BCUT2D eigenvalue weighted by Crippen LogP contribution is 2.70. The predicted molar refractivity (Wildman–Crippen MR) is 66.2 cm³/mol. The molecule has 19 heavy (non-hydrogen) atoms. The second-order valence-electron chi connectivity index (χ2n) is 6.83. The Hall–Kier alpha value is -1.16. The van der Waals surface area contributed by atoms with Gasteiger partial charge in [0.05, 0.1) is 5.92 Å². The zero-order chi connectivity index (χ0) is 13.6. The molecule has 4 rings (SSSR count). The molecule has 4 aliphatic rings. The van der Waals surface area contributed by atoms with Gasteiger partial charge in [0.2, 0.25) is 0 Å². The van der Waals surface area contributed by atoms with Crippen LogP contribution in [0.25, 0.3) is 0 Å². The normalized spacial score (nSPS) is 58.2. The number of carbonyl (C=O) groups excluding carboxylic acids is 2. The molecule has 3 fully saturated rings. The van der Waals surface area contributed by atoms with Crippen LogP contribution in [-0.2, 0) is 19.1 Å². The van der Waals surface area contributed by atoms with E-state index in [9.17, 15) is 9.59 Å². The zero-order valence-corrected chi connectivity index (χ0v) is 11.4. The van der Waals surface area contributed by atoms with E-state index >= 15 is 0 Å². The number of ether oxygens (including phenoxy) is 2. The number of ketones is 1. The Labute approximate surface area is 112 Å². The van der Waals surface area contributed by atoms with Gasteiger partial charge in [0.1, 0.15) is 6.10 Å². The molecule has 0 unspecified atom stereocenters. The standard InChI is InChI=1S/C15H18O4/c1-8-9-4-6-13(2)7-5-10(16)14(3)15(13,19-14)11(9)18-12(8)17/h5,7-9,11H,4,6H2,1-3H3/t8-,9-,11-,13-,14-,15+/m1/s1. The minimum absolute atomic E-state index is 0.00114. The summed E-state index contributed by atoms with van der Waals surface area (Å²) < 4.78 is 11.6. The Morgan fingerprint density at radius 1 is 1.32 bits per heavy atom. The molecular formula is C15H18O4. The Kier molecular flexibility index (Phi) is 1.81. The highest BCUT2D eigenvalue weighted by molar-refractivity contribution is 6.02. The van der Waals surface area contributed by atoms with Crippen LogP contribution in [0.2, 0.25) is 0 Å². The van der Waals surface area contributed by atoms with Crippen molar-refractivity contribution in [2.24, 2.45) is 17.3 Å². The van der Waals surface area contributed by atoms with Crippen molar-refractivity contribution in [1.29, 1.82) is 0 Å². The lowest BCUT2D eigenvalue weighted by molar-refractivity contribution is -0.149. The van der Waals surface area contributed by atoms with Crippen LogP contribution in [0.5, 0.6) is 0 Å². The maximum atomic E-state index is 12.1. The zero-order valence-electron chi connectivity index (χ0n) is 11.4. The van der Waals surface area contributed by atoms with Gasteiger partial charge in [-0.1, -0.05) is 19.9 Å². The van der Waals surface area contributed by atoms with Crippen molar-refractivity contribution in [2.75, 3.05) is 0 Å². The van der Waals surface area contributed by atoms with Crippen LogP contribution >= 0.6 is 0 Å². The first-order valence-electron chi connectivity index (χ1n) is 7.00. The second kappa shape index (κ2) is 2.95. The molecule has 0 radical (unpaired) electrons. The van der Waals surface area contributed by atoms with Crippen LogP contribution in [0.15, 0.2) is 12.2 Å². The van der Waals surface area contributed by atoms with E-state index in [4.69, 9.17) is 9.47 Å². The van der Waals surface area contributed by atoms with E-state index in [1.54, 1.807) is 6.08 Å². The van der Waals surface area contributed by atoms with Gasteiger partial charge in [-0.2, -0.15) is 0 Å². The molecule has 1 saturated carbocycles. The van der Waals surface area contributed by atoms with Crippen molar-refractivity contribution in [1.82, 2.24) is 0 Å². The number of hydrogen-bond donors (Lipinski definition) is 0. The van der Waals surface area contributed by atoms with E-state index in [0.717, 1.165) is 12.8 Å². The van der Waals surface area contributed by atoms with Crippen LogP contribution in [-0.4, -0.2) is 29.1 Å². The quantitative estimate of drug-likeness (QED) is 0.492. The summed E-state index contributed by atoms with van der Waals surface area (Å²) in [5, 5.41) is 0. The van der Waals surface area contributed by atoms with Crippen LogP contribution in [0.4, 0.5) is 0 Å². The Bertz CT molecular complexity index is 538. The number of epoxide rings is 1. The van der Waals surface area contributed by atoms with Crippen molar-refractivity contribution >= 4 is 11.8 Å². The van der Waals surface area contributed by atoms with Gasteiger partial charge in [0.25, 0.3) is 0 Å².